The van der Waals surface area contributed by atoms with Crippen molar-refractivity contribution in [3.05, 3.63) is 50.8 Å². The van der Waals surface area contributed by atoms with E-state index in [-0.39, 0.29) is 0 Å². The van der Waals surface area contributed by atoms with E-state index < -0.39 is 0 Å². The van der Waals surface area contributed by atoms with Gasteiger partial charge in [0.1, 0.15) is 6.07 Å². The highest BCUT2D eigenvalue weighted by Crippen LogP contribution is 2.07. The summed E-state index contributed by atoms with van der Waals surface area (Å²) in [5, 5.41) is 15.6. The van der Waals surface area contributed by atoms with Crippen LogP contribution in [0.5, 0.6) is 0 Å². The van der Waals surface area contributed by atoms with E-state index in [0.29, 0.717) is 0 Å². The fraction of sp³-hybridized carbons (Fsp3) is 0.235. The summed E-state index contributed by atoms with van der Waals surface area (Å²) in [4.78, 5) is 0. The van der Waals surface area contributed by atoms with Gasteiger partial charge in [0, 0.05) is 23.3 Å². The van der Waals surface area contributed by atoms with Crippen molar-refractivity contribution in [2.75, 3.05) is 0 Å². The van der Waals surface area contributed by atoms with Gasteiger partial charge in [-0.05, 0) is 41.8 Å². The predicted molar refractivity (Wildman–Crippen MR) is 86.6 cm³/mol. The average molecular weight is 282 g/mol. The van der Waals surface area contributed by atoms with Crippen molar-refractivity contribution in [1.29, 1.82) is 5.26 Å². The van der Waals surface area contributed by atoms with Crippen LogP contribution in [0.2, 0.25) is 0 Å². The molecule has 0 radical (unpaired) electrons. The molecule has 3 heteroatoms. The van der Waals surface area contributed by atoms with Crippen LogP contribution in [-0.4, -0.2) is 4.57 Å². The first-order valence-corrected chi connectivity index (χ1v) is 7.74. The lowest BCUT2D eigenvalue weighted by atomic mass is 10.2. The number of hydrogen-bond acceptors (Lipinski definition) is 2. The van der Waals surface area contributed by atoms with Crippen LogP contribution in [0.4, 0.5) is 0 Å². The van der Waals surface area contributed by atoms with Crippen molar-refractivity contribution in [3.63, 3.8) is 0 Å². The summed E-state index contributed by atoms with van der Waals surface area (Å²) in [6.07, 6.45) is 11.2. The lowest BCUT2D eigenvalue weighted by Crippen LogP contribution is -2.29. The maximum absolute atomic E-state index is 9.24. The Kier molecular flexibility index (Phi) is 4.97. The Bertz CT molecular complexity index is 740. The molecule has 0 bridgehead atoms. The van der Waals surface area contributed by atoms with Gasteiger partial charge in [-0.1, -0.05) is 25.2 Å². The van der Waals surface area contributed by atoms with Gasteiger partial charge in [0.15, 0.2) is 0 Å². The second kappa shape index (κ2) is 6.93. The summed E-state index contributed by atoms with van der Waals surface area (Å²) in [6, 6.07) is 4.38. The number of hydrogen-bond donors (Lipinski definition) is 0. The van der Waals surface area contributed by atoms with Crippen LogP contribution in [-0.2, 0) is 6.54 Å². The Morgan fingerprint density at radius 1 is 1.40 bits per heavy atom. The highest BCUT2D eigenvalue weighted by Gasteiger charge is 2.01. The molecule has 0 atom stereocenters. The van der Waals surface area contributed by atoms with E-state index in [0.717, 1.165) is 29.1 Å². The average Bonchev–Trinajstić information content (AvgIpc) is 3.08. The second-order valence-corrected chi connectivity index (χ2v) is 5.21. The van der Waals surface area contributed by atoms with Crippen molar-refractivity contribution < 1.29 is 0 Å². The smallest absolute Gasteiger partial charge is 0.101 e. The molecule has 2 rings (SSSR count). The molecule has 2 aromatic rings. The van der Waals surface area contributed by atoms with Crippen molar-refractivity contribution in [2.24, 2.45) is 0 Å². The molecule has 0 saturated heterocycles. The first-order valence-electron chi connectivity index (χ1n) is 6.80. The number of allylic oxidation sites excluding steroid dienone is 1. The van der Waals surface area contributed by atoms with Gasteiger partial charge in [0.25, 0.3) is 0 Å². The van der Waals surface area contributed by atoms with Crippen LogP contribution < -0.4 is 10.6 Å². The summed E-state index contributed by atoms with van der Waals surface area (Å²) in [5.74, 6) is 0. The van der Waals surface area contributed by atoms with Gasteiger partial charge in [-0.2, -0.15) is 16.6 Å². The third kappa shape index (κ3) is 3.09. The topological polar surface area (TPSA) is 28.7 Å². The summed E-state index contributed by atoms with van der Waals surface area (Å²) >= 11 is 1.69. The highest BCUT2D eigenvalue weighted by atomic mass is 32.1. The van der Waals surface area contributed by atoms with Gasteiger partial charge >= 0.3 is 0 Å². The third-order valence-electron chi connectivity index (χ3n) is 3.12. The fourth-order valence-corrected chi connectivity index (χ4v) is 2.79. The summed E-state index contributed by atoms with van der Waals surface area (Å²) in [5.41, 5.74) is 1.96. The van der Waals surface area contributed by atoms with Crippen LogP contribution in [0.3, 0.4) is 0 Å². The zero-order valence-corrected chi connectivity index (χ0v) is 12.7. The molecule has 0 N–H and O–H groups in total. The maximum atomic E-state index is 9.24. The molecule has 2 nitrogen and oxygen atoms in total. The summed E-state index contributed by atoms with van der Waals surface area (Å²) in [7, 11) is 0. The zero-order valence-electron chi connectivity index (χ0n) is 11.8. The molecule has 20 heavy (non-hydrogen) atoms. The minimum Gasteiger partial charge on any atom is -0.346 e. The molecule has 2 aromatic heterocycles. The molecule has 0 fully saturated rings. The van der Waals surface area contributed by atoms with Crippen molar-refractivity contribution in [3.8, 4) is 6.07 Å². The lowest BCUT2D eigenvalue weighted by Gasteiger charge is -1.95. The van der Waals surface area contributed by atoms with E-state index >= 15 is 0 Å². The van der Waals surface area contributed by atoms with E-state index in [1.54, 1.807) is 11.3 Å². The van der Waals surface area contributed by atoms with Gasteiger partial charge in [0.05, 0.1) is 5.56 Å². The molecule has 0 aliphatic heterocycles. The SMILES string of the molecule is CC/C=c1/c(C#N)cn(CC)/c1=C/C=C/c1ccsc1. The Hall–Kier alpha value is -2.05. The second-order valence-electron chi connectivity index (χ2n) is 4.43. The maximum Gasteiger partial charge on any atom is 0.101 e. The summed E-state index contributed by atoms with van der Waals surface area (Å²) in [6.45, 7) is 5.05. The minimum absolute atomic E-state index is 0.754. The standard InChI is InChI=1S/C17H18N2S/c1-3-6-16-15(11-18)12-19(4-2)17(16)8-5-7-14-9-10-20-13-14/h5-10,12-13H,3-4H2,1-2H3/b7-5+,16-6-,17-8+. The molecule has 102 valence electrons. The third-order valence-corrected chi connectivity index (χ3v) is 3.82. The van der Waals surface area contributed by atoms with Crippen LogP contribution in [0.1, 0.15) is 31.4 Å². The Balaban J connectivity index is 2.52. The Morgan fingerprint density at radius 2 is 2.25 bits per heavy atom. The van der Waals surface area contributed by atoms with E-state index in [9.17, 15) is 5.26 Å². The van der Waals surface area contributed by atoms with Gasteiger partial charge < -0.3 is 4.57 Å². The molecule has 0 spiro atoms. The van der Waals surface area contributed by atoms with E-state index in [4.69, 9.17) is 0 Å². The van der Waals surface area contributed by atoms with E-state index in [1.165, 1.54) is 5.56 Å². The van der Waals surface area contributed by atoms with Crippen LogP contribution in [0.25, 0.3) is 18.2 Å². The number of nitrogens with zero attached hydrogens (tertiary/aromatic N) is 2. The van der Waals surface area contributed by atoms with Gasteiger partial charge in [0.2, 0.25) is 0 Å². The molecule has 0 aliphatic rings. The number of nitriles is 1. The molecular formula is C17H18N2S. The van der Waals surface area contributed by atoms with Gasteiger partial charge in [-0.25, -0.2) is 0 Å². The van der Waals surface area contributed by atoms with Crippen molar-refractivity contribution >= 4 is 29.6 Å². The van der Waals surface area contributed by atoms with E-state index in [1.807, 2.05) is 6.20 Å². The number of aryl methyl sites for hydroxylation is 1. The zero-order chi connectivity index (χ0) is 14.4. The Labute approximate surface area is 123 Å². The van der Waals surface area contributed by atoms with E-state index in [2.05, 4.69) is 65.6 Å². The normalized spacial score (nSPS) is 13.2. The Morgan fingerprint density at radius 3 is 2.85 bits per heavy atom. The van der Waals surface area contributed by atoms with Crippen LogP contribution in [0, 0.1) is 11.3 Å². The quantitative estimate of drug-likeness (QED) is 0.847. The first-order chi connectivity index (χ1) is 9.80. The largest absolute Gasteiger partial charge is 0.346 e. The summed E-state index contributed by atoms with van der Waals surface area (Å²) < 4.78 is 2.12. The predicted octanol–water partition coefficient (Wildman–Crippen LogP) is 3.13. The molecular weight excluding hydrogens is 264 g/mol. The highest BCUT2D eigenvalue weighted by molar-refractivity contribution is 7.08. The molecule has 0 aromatic carbocycles. The number of aromatic nitrogens is 1. The molecule has 0 aliphatic carbocycles. The monoisotopic (exact) mass is 282 g/mol. The first kappa shape index (κ1) is 14.4. The molecule has 0 unspecified atom stereocenters. The fourth-order valence-electron chi connectivity index (χ4n) is 2.16. The molecule has 0 amide bonds. The minimum atomic E-state index is 0.754. The van der Waals surface area contributed by atoms with Crippen molar-refractivity contribution in [1.82, 2.24) is 4.57 Å². The molecule has 2 heterocycles. The van der Waals surface area contributed by atoms with Gasteiger partial charge in [-0.3, -0.25) is 0 Å². The lowest BCUT2D eigenvalue weighted by molar-refractivity contribution is 0.744. The van der Waals surface area contributed by atoms with Crippen LogP contribution >= 0.6 is 11.3 Å². The van der Waals surface area contributed by atoms with Gasteiger partial charge in [-0.15, -0.1) is 0 Å². The number of thiophene rings is 1. The van der Waals surface area contributed by atoms with Crippen LogP contribution in [0.15, 0.2) is 29.1 Å². The number of rotatable bonds is 4. The molecule has 0 saturated carbocycles. The van der Waals surface area contributed by atoms with Crippen molar-refractivity contribution in [2.45, 2.75) is 26.8 Å².